The summed E-state index contributed by atoms with van der Waals surface area (Å²) < 4.78 is 28.1. The molecule has 0 spiro atoms. The monoisotopic (exact) mass is 400 g/mol. The number of carbonyl (C=O) groups excluding carboxylic acids is 1. The van der Waals surface area contributed by atoms with Crippen molar-refractivity contribution in [3.63, 3.8) is 0 Å². The number of sulfonamides is 1. The summed E-state index contributed by atoms with van der Waals surface area (Å²) >= 11 is 0. The standard InChI is InChI=1S/C17H24N4O3S.ClH/c1-20(11-5-8-16(22)21(2)13-9-10-18-12-13)17-14-6-3-4-7-15(14)25(23,24)19-17;/h3-4,6-7,13,18H,5,8-12H2,1-2H3;1H. The van der Waals surface area contributed by atoms with Crippen LogP contribution in [0.2, 0.25) is 0 Å². The van der Waals surface area contributed by atoms with Gasteiger partial charge in [-0.15, -0.1) is 16.8 Å². The molecule has 1 amide bonds. The molecule has 3 rings (SSSR count). The van der Waals surface area contributed by atoms with E-state index in [-0.39, 0.29) is 29.3 Å². The van der Waals surface area contributed by atoms with Gasteiger partial charge in [0.2, 0.25) is 5.91 Å². The van der Waals surface area contributed by atoms with Crippen molar-refractivity contribution >= 4 is 34.2 Å². The molecule has 1 aromatic rings. The normalized spacial score (nSPS) is 20.1. The lowest BCUT2D eigenvalue weighted by molar-refractivity contribution is -0.131. The number of hydrogen-bond donors (Lipinski definition) is 1. The van der Waals surface area contributed by atoms with Gasteiger partial charge in [-0.1, -0.05) is 12.1 Å². The van der Waals surface area contributed by atoms with Crippen LogP contribution < -0.4 is 5.32 Å². The summed E-state index contributed by atoms with van der Waals surface area (Å²) in [5, 5.41) is 3.26. The summed E-state index contributed by atoms with van der Waals surface area (Å²) in [6, 6.07) is 7.12. The lowest BCUT2D eigenvalue weighted by Gasteiger charge is -2.24. The molecule has 1 fully saturated rings. The summed E-state index contributed by atoms with van der Waals surface area (Å²) in [7, 11) is 0.0643. The first-order chi connectivity index (χ1) is 11.9. The van der Waals surface area contributed by atoms with Crippen LogP contribution in [0.5, 0.6) is 0 Å². The average Bonchev–Trinajstić information content (AvgIpc) is 3.21. The van der Waals surface area contributed by atoms with E-state index in [1.165, 1.54) is 0 Å². The van der Waals surface area contributed by atoms with E-state index in [9.17, 15) is 13.2 Å². The summed E-state index contributed by atoms with van der Waals surface area (Å²) in [5.74, 6) is 0.583. The number of benzene rings is 1. The molecule has 7 nitrogen and oxygen atoms in total. The van der Waals surface area contributed by atoms with Crippen molar-refractivity contribution in [2.45, 2.75) is 30.2 Å². The van der Waals surface area contributed by atoms with Gasteiger partial charge in [0.05, 0.1) is 0 Å². The molecule has 1 atom stereocenters. The molecule has 9 heteroatoms. The second-order valence-corrected chi connectivity index (χ2v) is 8.14. The molecule has 1 aromatic carbocycles. The van der Waals surface area contributed by atoms with Gasteiger partial charge in [-0.2, -0.15) is 8.42 Å². The molecule has 0 aromatic heterocycles. The fraction of sp³-hybridized carbons (Fsp3) is 0.529. The number of carbonyl (C=O) groups is 1. The molecule has 144 valence electrons. The summed E-state index contributed by atoms with van der Waals surface area (Å²) in [6.45, 7) is 2.39. The topological polar surface area (TPSA) is 82.1 Å². The molecule has 0 saturated carbocycles. The van der Waals surface area contributed by atoms with Crippen molar-refractivity contribution in [3.05, 3.63) is 29.8 Å². The largest absolute Gasteiger partial charge is 0.358 e. The Morgan fingerprint density at radius 2 is 2.04 bits per heavy atom. The third-order valence-electron chi connectivity index (χ3n) is 4.83. The second-order valence-electron chi connectivity index (χ2n) is 6.56. The molecule has 0 aliphatic carbocycles. The molecule has 2 heterocycles. The first-order valence-electron chi connectivity index (χ1n) is 8.52. The summed E-state index contributed by atoms with van der Waals surface area (Å²) in [4.78, 5) is 16.2. The Morgan fingerprint density at radius 1 is 1.31 bits per heavy atom. The van der Waals surface area contributed by atoms with E-state index in [4.69, 9.17) is 0 Å². The number of likely N-dealkylation sites (N-methyl/N-ethyl adjacent to an activating group) is 1. The van der Waals surface area contributed by atoms with Gasteiger partial charge >= 0.3 is 0 Å². The van der Waals surface area contributed by atoms with Gasteiger partial charge in [0.1, 0.15) is 10.7 Å². The number of rotatable bonds is 5. The molecule has 26 heavy (non-hydrogen) atoms. The van der Waals surface area contributed by atoms with Crippen LogP contribution in [0.1, 0.15) is 24.8 Å². The van der Waals surface area contributed by atoms with E-state index in [2.05, 4.69) is 9.71 Å². The van der Waals surface area contributed by atoms with E-state index in [0.717, 1.165) is 19.5 Å². The maximum Gasteiger partial charge on any atom is 0.285 e. The van der Waals surface area contributed by atoms with Crippen molar-refractivity contribution in [3.8, 4) is 0 Å². The SMILES string of the molecule is CN(CCCC(=O)N(C)C1CCNC1)C1=NS(=O)(=O)c2ccccc21.Cl. The van der Waals surface area contributed by atoms with Gasteiger partial charge in [-0.05, 0) is 31.5 Å². The van der Waals surface area contributed by atoms with Crippen LogP contribution in [-0.2, 0) is 14.8 Å². The van der Waals surface area contributed by atoms with Gasteiger partial charge in [0, 0.05) is 45.2 Å². The lowest BCUT2D eigenvalue weighted by Crippen LogP contribution is -2.38. The summed E-state index contributed by atoms with van der Waals surface area (Å²) in [6.07, 6.45) is 2.09. The maximum absolute atomic E-state index is 12.3. The Hall–Kier alpha value is -1.64. The highest BCUT2D eigenvalue weighted by atomic mass is 35.5. The first kappa shape index (κ1) is 20.7. The smallest absolute Gasteiger partial charge is 0.285 e. The zero-order chi connectivity index (χ0) is 18.0. The average molecular weight is 401 g/mol. The van der Waals surface area contributed by atoms with Crippen LogP contribution >= 0.6 is 12.4 Å². The highest BCUT2D eigenvalue weighted by Crippen LogP contribution is 2.27. The molecule has 2 aliphatic heterocycles. The number of halogens is 1. The molecule has 1 N–H and O–H groups in total. The predicted octanol–water partition coefficient (Wildman–Crippen LogP) is 1.09. The van der Waals surface area contributed by atoms with Crippen LogP contribution in [0.15, 0.2) is 33.6 Å². The molecule has 2 aliphatic rings. The van der Waals surface area contributed by atoms with Gasteiger partial charge in [0.25, 0.3) is 10.0 Å². The highest BCUT2D eigenvalue weighted by molar-refractivity contribution is 7.90. The number of hydrogen-bond acceptors (Lipinski definition) is 5. The van der Waals surface area contributed by atoms with E-state index < -0.39 is 10.0 Å². The first-order valence-corrected chi connectivity index (χ1v) is 9.96. The molecular formula is C17H25ClN4O3S. The predicted molar refractivity (Wildman–Crippen MR) is 103 cm³/mol. The van der Waals surface area contributed by atoms with Gasteiger partial charge < -0.3 is 15.1 Å². The fourth-order valence-electron chi connectivity index (χ4n) is 3.29. The number of fused-ring (bicyclic) bond motifs is 1. The van der Waals surface area contributed by atoms with Gasteiger partial charge in [-0.25, -0.2) is 0 Å². The van der Waals surface area contributed by atoms with Crippen molar-refractivity contribution < 1.29 is 13.2 Å². The third-order valence-corrected chi connectivity index (χ3v) is 6.16. The van der Waals surface area contributed by atoms with E-state index in [0.29, 0.717) is 30.8 Å². The van der Waals surface area contributed by atoms with Crippen LogP contribution in [0, 0.1) is 0 Å². The number of amides is 1. The molecule has 0 radical (unpaired) electrons. The van der Waals surface area contributed by atoms with Gasteiger partial charge in [0.15, 0.2) is 0 Å². The molecule has 1 unspecified atom stereocenters. The molecule has 1 saturated heterocycles. The Labute approximate surface area is 160 Å². The zero-order valence-corrected chi connectivity index (χ0v) is 16.6. The van der Waals surface area contributed by atoms with E-state index >= 15 is 0 Å². The minimum absolute atomic E-state index is 0. The van der Waals surface area contributed by atoms with Crippen LogP contribution in [0.4, 0.5) is 0 Å². The second kappa shape index (κ2) is 8.37. The molecule has 0 bridgehead atoms. The minimum atomic E-state index is -3.60. The third kappa shape index (κ3) is 4.19. The van der Waals surface area contributed by atoms with Crippen LogP contribution in [-0.4, -0.2) is 69.7 Å². The highest BCUT2D eigenvalue weighted by Gasteiger charge is 2.30. The van der Waals surface area contributed by atoms with E-state index in [1.807, 2.05) is 23.9 Å². The Kier molecular flexibility index (Phi) is 6.65. The Bertz CT molecular complexity index is 791. The number of amidine groups is 1. The number of nitrogens with zero attached hydrogens (tertiary/aromatic N) is 3. The van der Waals surface area contributed by atoms with Gasteiger partial charge in [-0.3, -0.25) is 4.79 Å². The quantitative estimate of drug-likeness (QED) is 0.800. The maximum atomic E-state index is 12.3. The van der Waals surface area contributed by atoms with E-state index in [1.54, 1.807) is 24.3 Å². The van der Waals surface area contributed by atoms with Crippen molar-refractivity contribution in [1.82, 2.24) is 15.1 Å². The van der Waals surface area contributed by atoms with Crippen LogP contribution in [0.25, 0.3) is 0 Å². The zero-order valence-electron chi connectivity index (χ0n) is 15.0. The lowest BCUT2D eigenvalue weighted by atomic mass is 10.1. The van der Waals surface area contributed by atoms with Crippen LogP contribution in [0.3, 0.4) is 0 Å². The Balaban J connectivity index is 0.00000243. The van der Waals surface area contributed by atoms with Crippen molar-refractivity contribution in [2.75, 3.05) is 33.7 Å². The fourth-order valence-corrected chi connectivity index (χ4v) is 4.54. The molecular weight excluding hydrogens is 376 g/mol. The minimum Gasteiger partial charge on any atom is -0.358 e. The van der Waals surface area contributed by atoms with Crippen molar-refractivity contribution in [2.24, 2.45) is 4.40 Å². The number of nitrogens with one attached hydrogen (secondary N) is 1. The summed E-state index contributed by atoms with van der Waals surface area (Å²) in [5.41, 5.74) is 0.630. The Morgan fingerprint density at radius 3 is 2.73 bits per heavy atom. The van der Waals surface area contributed by atoms with Crippen molar-refractivity contribution in [1.29, 1.82) is 0 Å².